The van der Waals surface area contributed by atoms with Crippen molar-refractivity contribution in [3.05, 3.63) is 47.3 Å². The molecule has 2 aromatic rings. The smallest absolute Gasteiger partial charge is 0.118 e. The molecule has 0 amide bonds. The lowest BCUT2D eigenvalue weighted by Gasteiger charge is -2.40. The Bertz CT molecular complexity index is 689. The van der Waals surface area contributed by atoms with Gasteiger partial charge in [-0.05, 0) is 75.9 Å². The van der Waals surface area contributed by atoms with E-state index in [0.717, 1.165) is 36.1 Å². The third-order valence-corrected chi connectivity index (χ3v) is 5.61. The summed E-state index contributed by atoms with van der Waals surface area (Å²) in [5.41, 5.74) is 0.460. The topological polar surface area (TPSA) is 32.8 Å². The summed E-state index contributed by atoms with van der Waals surface area (Å²) in [4.78, 5) is 5.15. The number of hydrogen-bond acceptors (Lipinski definition) is 4. The van der Waals surface area contributed by atoms with Crippen molar-refractivity contribution in [2.45, 2.75) is 46.2 Å². The molecule has 4 heterocycles. The Kier molecular flexibility index (Phi) is 4.27. The van der Waals surface area contributed by atoms with Gasteiger partial charge in [0.2, 0.25) is 0 Å². The van der Waals surface area contributed by atoms with Crippen LogP contribution in [-0.2, 0) is 13.1 Å². The molecule has 0 radical (unpaired) electrons. The van der Waals surface area contributed by atoms with Crippen molar-refractivity contribution in [3.8, 4) is 0 Å². The van der Waals surface area contributed by atoms with Gasteiger partial charge in [-0.3, -0.25) is 9.80 Å². The van der Waals surface area contributed by atoms with Crippen molar-refractivity contribution in [2.24, 2.45) is 5.41 Å². The van der Waals surface area contributed by atoms with Crippen LogP contribution in [0.4, 0.5) is 0 Å². The Morgan fingerprint density at radius 1 is 0.833 bits per heavy atom. The van der Waals surface area contributed by atoms with Gasteiger partial charge in [0.1, 0.15) is 23.0 Å². The molecule has 2 aromatic heterocycles. The van der Waals surface area contributed by atoms with Gasteiger partial charge in [-0.1, -0.05) is 0 Å². The fourth-order valence-electron chi connectivity index (χ4n) is 4.52. The maximum atomic E-state index is 5.78. The van der Waals surface area contributed by atoms with E-state index in [1.807, 2.05) is 13.8 Å². The van der Waals surface area contributed by atoms with Gasteiger partial charge in [-0.25, -0.2) is 0 Å². The molecule has 4 rings (SSSR count). The Labute approximate surface area is 144 Å². The third-order valence-electron chi connectivity index (χ3n) is 5.61. The third kappa shape index (κ3) is 3.45. The first-order valence-corrected chi connectivity index (χ1v) is 9.16. The first-order valence-electron chi connectivity index (χ1n) is 9.16. The molecule has 1 spiro atoms. The summed E-state index contributed by atoms with van der Waals surface area (Å²) in [6.07, 6.45) is 3.96. The summed E-state index contributed by atoms with van der Waals surface area (Å²) in [5, 5.41) is 0. The van der Waals surface area contributed by atoms with Crippen LogP contribution in [0.1, 0.15) is 42.3 Å². The second-order valence-corrected chi connectivity index (χ2v) is 7.80. The molecular formula is C20H28N2O2. The molecule has 0 bridgehead atoms. The van der Waals surface area contributed by atoms with Crippen molar-refractivity contribution in [3.63, 3.8) is 0 Å². The van der Waals surface area contributed by atoms with Gasteiger partial charge in [0.05, 0.1) is 13.1 Å². The van der Waals surface area contributed by atoms with Crippen LogP contribution in [0, 0.1) is 19.3 Å². The highest BCUT2D eigenvalue weighted by molar-refractivity contribution is 5.08. The van der Waals surface area contributed by atoms with E-state index in [1.165, 1.54) is 45.4 Å². The van der Waals surface area contributed by atoms with Crippen LogP contribution in [0.3, 0.4) is 0 Å². The summed E-state index contributed by atoms with van der Waals surface area (Å²) >= 11 is 0. The van der Waals surface area contributed by atoms with Crippen LogP contribution < -0.4 is 0 Å². The molecule has 2 fully saturated rings. The first kappa shape index (κ1) is 16.0. The molecule has 2 saturated heterocycles. The van der Waals surface area contributed by atoms with E-state index in [0.29, 0.717) is 5.41 Å². The second-order valence-electron chi connectivity index (χ2n) is 7.80. The zero-order valence-electron chi connectivity index (χ0n) is 14.9. The zero-order valence-corrected chi connectivity index (χ0v) is 14.9. The molecule has 130 valence electrons. The highest BCUT2D eigenvalue weighted by Crippen LogP contribution is 2.39. The summed E-state index contributed by atoms with van der Waals surface area (Å²) < 4.78 is 11.5. The predicted molar refractivity (Wildman–Crippen MR) is 93.7 cm³/mol. The van der Waals surface area contributed by atoms with E-state index in [-0.39, 0.29) is 0 Å². The van der Waals surface area contributed by atoms with E-state index < -0.39 is 0 Å². The Hall–Kier alpha value is -1.52. The average Bonchev–Trinajstić information content (AvgIpc) is 3.23. The van der Waals surface area contributed by atoms with E-state index in [9.17, 15) is 0 Å². The molecule has 4 heteroatoms. The molecule has 24 heavy (non-hydrogen) atoms. The molecule has 0 unspecified atom stereocenters. The van der Waals surface area contributed by atoms with Crippen LogP contribution in [0.25, 0.3) is 0 Å². The fraction of sp³-hybridized carbons (Fsp3) is 0.600. The van der Waals surface area contributed by atoms with E-state index >= 15 is 0 Å². The lowest BCUT2D eigenvalue weighted by molar-refractivity contribution is 0.0806. The largest absolute Gasteiger partial charge is 0.465 e. The molecule has 1 atom stereocenters. The van der Waals surface area contributed by atoms with Crippen LogP contribution in [0.2, 0.25) is 0 Å². The van der Waals surface area contributed by atoms with Gasteiger partial charge in [-0.2, -0.15) is 0 Å². The monoisotopic (exact) mass is 328 g/mol. The van der Waals surface area contributed by atoms with Gasteiger partial charge < -0.3 is 8.83 Å². The standard InChI is InChI=1S/C20H28N2O2/c1-16-4-6-18(23-16)12-21-10-3-8-20(14-21)9-11-22(15-20)13-19-7-5-17(2)24-19/h4-7H,3,8-15H2,1-2H3/t20-/m0/s1. The molecule has 2 aliphatic heterocycles. The van der Waals surface area contributed by atoms with E-state index in [1.54, 1.807) is 0 Å². The Morgan fingerprint density at radius 3 is 1.96 bits per heavy atom. The van der Waals surface area contributed by atoms with Gasteiger partial charge in [0.15, 0.2) is 0 Å². The Balaban J connectivity index is 1.36. The van der Waals surface area contributed by atoms with Crippen molar-refractivity contribution in [1.82, 2.24) is 9.80 Å². The maximum absolute atomic E-state index is 5.78. The molecule has 2 aliphatic rings. The minimum absolute atomic E-state index is 0.460. The first-order chi connectivity index (χ1) is 11.6. The number of nitrogens with zero attached hydrogens (tertiary/aromatic N) is 2. The Morgan fingerprint density at radius 2 is 1.42 bits per heavy atom. The van der Waals surface area contributed by atoms with Gasteiger partial charge in [-0.15, -0.1) is 0 Å². The summed E-state index contributed by atoms with van der Waals surface area (Å²) in [7, 11) is 0. The number of likely N-dealkylation sites (tertiary alicyclic amines) is 2. The SMILES string of the molecule is Cc1ccc(CN2CCC[C@]3(CCN(Cc4ccc(C)o4)C3)C2)o1. The fourth-order valence-corrected chi connectivity index (χ4v) is 4.52. The van der Waals surface area contributed by atoms with Crippen molar-refractivity contribution in [1.29, 1.82) is 0 Å². The second kappa shape index (κ2) is 6.41. The maximum Gasteiger partial charge on any atom is 0.118 e. The summed E-state index contributed by atoms with van der Waals surface area (Å²) in [5.74, 6) is 4.22. The lowest BCUT2D eigenvalue weighted by atomic mass is 9.79. The highest BCUT2D eigenvalue weighted by Gasteiger charge is 2.41. The van der Waals surface area contributed by atoms with Crippen molar-refractivity contribution >= 4 is 0 Å². The van der Waals surface area contributed by atoms with Crippen LogP contribution in [-0.4, -0.2) is 36.0 Å². The summed E-state index contributed by atoms with van der Waals surface area (Å²) in [6.45, 7) is 10.7. The zero-order chi connectivity index (χ0) is 16.6. The normalized spacial score (nSPS) is 25.8. The number of piperidine rings is 1. The minimum Gasteiger partial charge on any atom is -0.465 e. The quantitative estimate of drug-likeness (QED) is 0.850. The van der Waals surface area contributed by atoms with E-state index in [4.69, 9.17) is 8.83 Å². The molecule has 0 aliphatic carbocycles. The molecule has 0 N–H and O–H groups in total. The van der Waals surface area contributed by atoms with Crippen molar-refractivity contribution in [2.75, 3.05) is 26.2 Å². The number of rotatable bonds is 4. The molecule has 0 saturated carbocycles. The minimum atomic E-state index is 0.460. The summed E-state index contributed by atoms with van der Waals surface area (Å²) in [6, 6.07) is 8.37. The van der Waals surface area contributed by atoms with Crippen LogP contribution >= 0.6 is 0 Å². The number of furan rings is 2. The number of aryl methyl sites for hydroxylation is 2. The molecule has 4 nitrogen and oxygen atoms in total. The molecule has 0 aromatic carbocycles. The lowest BCUT2D eigenvalue weighted by Crippen LogP contribution is -2.44. The van der Waals surface area contributed by atoms with Gasteiger partial charge >= 0.3 is 0 Å². The van der Waals surface area contributed by atoms with Gasteiger partial charge in [0.25, 0.3) is 0 Å². The molecular weight excluding hydrogens is 300 g/mol. The predicted octanol–water partition coefficient (Wildman–Crippen LogP) is 3.98. The average molecular weight is 328 g/mol. The van der Waals surface area contributed by atoms with Crippen molar-refractivity contribution < 1.29 is 8.83 Å². The van der Waals surface area contributed by atoms with Gasteiger partial charge in [0, 0.05) is 13.1 Å². The highest BCUT2D eigenvalue weighted by atomic mass is 16.3. The van der Waals surface area contributed by atoms with Crippen LogP contribution in [0.5, 0.6) is 0 Å². The number of hydrogen-bond donors (Lipinski definition) is 0. The van der Waals surface area contributed by atoms with E-state index in [2.05, 4.69) is 34.1 Å². The van der Waals surface area contributed by atoms with Crippen LogP contribution in [0.15, 0.2) is 33.1 Å².